The lowest BCUT2D eigenvalue weighted by molar-refractivity contribution is 0.0157. The molecule has 2 aliphatic rings. The zero-order valence-corrected chi connectivity index (χ0v) is 12.9. The number of likely N-dealkylation sites (tertiary alicyclic amines) is 1. The van der Waals surface area contributed by atoms with Crippen LogP contribution in [-0.4, -0.2) is 47.2 Å². The van der Waals surface area contributed by atoms with Crippen molar-refractivity contribution < 1.29 is 9.90 Å². The van der Waals surface area contributed by atoms with Crippen molar-refractivity contribution in [1.29, 1.82) is 0 Å². The molecule has 21 heavy (non-hydrogen) atoms. The van der Waals surface area contributed by atoms with Crippen LogP contribution < -0.4 is 4.90 Å². The molecule has 1 aromatic rings. The molecule has 2 aliphatic heterocycles. The van der Waals surface area contributed by atoms with Crippen LogP contribution in [0.2, 0.25) is 0 Å². The Bertz CT molecular complexity index is 516. The molecule has 1 amide bonds. The number of hydrogen-bond donors (Lipinski definition) is 1. The fourth-order valence-corrected chi connectivity index (χ4v) is 3.14. The number of piperidine rings is 1. The van der Waals surface area contributed by atoms with Crippen LogP contribution in [0, 0.1) is 0 Å². The second-order valence-electron chi connectivity index (χ2n) is 6.78. The Morgan fingerprint density at radius 1 is 1.14 bits per heavy atom. The predicted molar refractivity (Wildman–Crippen MR) is 83.6 cm³/mol. The summed E-state index contributed by atoms with van der Waals surface area (Å²) in [5.74, 6) is 0.131. The summed E-state index contributed by atoms with van der Waals surface area (Å²) in [5, 5.41) is 9.56. The molecule has 4 nitrogen and oxygen atoms in total. The van der Waals surface area contributed by atoms with Crippen molar-refractivity contribution in [2.24, 2.45) is 0 Å². The first-order valence-electron chi connectivity index (χ1n) is 7.82. The SMILES string of the molecule is CC1(C)CCN1C(=O)c1ccc(N2CCC(O)CC2)cc1. The van der Waals surface area contributed by atoms with E-state index in [9.17, 15) is 9.90 Å². The number of carbonyl (C=O) groups is 1. The minimum absolute atomic E-state index is 0.00123. The van der Waals surface area contributed by atoms with Crippen LogP contribution >= 0.6 is 0 Å². The number of benzene rings is 1. The molecule has 4 heteroatoms. The third-order valence-corrected chi connectivity index (χ3v) is 4.87. The van der Waals surface area contributed by atoms with E-state index in [4.69, 9.17) is 0 Å². The molecule has 0 saturated carbocycles. The normalized spacial score (nSPS) is 22.0. The van der Waals surface area contributed by atoms with Gasteiger partial charge in [0.2, 0.25) is 0 Å². The van der Waals surface area contributed by atoms with E-state index in [0.717, 1.165) is 50.1 Å². The van der Waals surface area contributed by atoms with Crippen molar-refractivity contribution in [3.63, 3.8) is 0 Å². The maximum Gasteiger partial charge on any atom is 0.254 e. The Morgan fingerprint density at radius 2 is 1.76 bits per heavy atom. The van der Waals surface area contributed by atoms with E-state index in [1.54, 1.807) is 0 Å². The Hall–Kier alpha value is -1.55. The summed E-state index contributed by atoms with van der Waals surface area (Å²) < 4.78 is 0. The Morgan fingerprint density at radius 3 is 2.24 bits per heavy atom. The molecule has 0 radical (unpaired) electrons. The van der Waals surface area contributed by atoms with Gasteiger partial charge in [-0.05, 0) is 57.4 Å². The molecule has 0 atom stereocenters. The standard InChI is InChI=1S/C17H24N2O2/c1-17(2)9-12-19(17)16(21)13-3-5-14(6-4-13)18-10-7-15(20)8-11-18/h3-6,15,20H,7-12H2,1-2H3. The number of nitrogens with zero attached hydrogens (tertiary/aromatic N) is 2. The van der Waals surface area contributed by atoms with Crippen molar-refractivity contribution in [3.8, 4) is 0 Å². The molecule has 2 fully saturated rings. The molecular formula is C17H24N2O2. The average Bonchev–Trinajstić information content (AvgIpc) is 2.47. The number of hydrogen-bond acceptors (Lipinski definition) is 3. The highest BCUT2D eigenvalue weighted by Crippen LogP contribution is 2.31. The summed E-state index contributed by atoms with van der Waals surface area (Å²) >= 11 is 0. The van der Waals surface area contributed by atoms with Gasteiger partial charge in [0, 0.05) is 36.4 Å². The second kappa shape index (κ2) is 5.34. The molecule has 114 valence electrons. The van der Waals surface area contributed by atoms with E-state index in [-0.39, 0.29) is 17.6 Å². The van der Waals surface area contributed by atoms with E-state index in [2.05, 4.69) is 18.7 Å². The van der Waals surface area contributed by atoms with Gasteiger partial charge < -0.3 is 14.9 Å². The van der Waals surface area contributed by atoms with E-state index < -0.39 is 0 Å². The number of amides is 1. The lowest BCUT2D eigenvalue weighted by Crippen LogP contribution is -2.58. The van der Waals surface area contributed by atoms with Gasteiger partial charge in [-0.25, -0.2) is 0 Å². The monoisotopic (exact) mass is 288 g/mol. The van der Waals surface area contributed by atoms with E-state index in [1.165, 1.54) is 0 Å². The maximum atomic E-state index is 12.5. The zero-order chi connectivity index (χ0) is 15.0. The van der Waals surface area contributed by atoms with Crippen LogP contribution in [0.4, 0.5) is 5.69 Å². The predicted octanol–water partition coefficient (Wildman–Crippen LogP) is 2.27. The summed E-state index contributed by atoms with van der Waals surface area (Å²) in [6.45, 7) is 6.85. The van der Waals surface area contributed by atoms with Gasteiger partial charge in [0.15, 0.2) is 0 Å². The quantitative estimate of drug-likeness (QED) is 0.908. The molecule has 3 rings (SSSR count). The first kappa shape index (κ1) is 14.4. The molecular weight excluding hydrogens is 264 g/mol. The smallest absolute Gasteiger partial charge is 0.254 e. The van der Waals surface area contributed by atoms with Crippen LogP contribution in [0.1, 0.15) is 43.5 Å². The molecule has 0 unspecified atom stereocenters. The third-order valence-electron chi connectivity index (χ3n) is 4.87. The minimum atomic E-state index is -0.157. The van der Waals surface area contributed by atoms with E-state index in [1.807, 2.05) is 29.2 Å². The molecule has 0 spiro atoms. The highest BCUT2D eigenvalue weighted by Gasteiger charge is 2.39. The summed E-state index contributed by atoms with van der Waals surface area (Å²) in [5.41, 5.74) is 1.91. The molecule has 1 aromatic carbocycles. The number of aliphatic hydroxyl groups is 1. The minimum Gasteiger partial charge on any atom is -0.393 e. The van der Waals surface area contributed by atoms with Crippen LogP contribution in [0.5, 0.6) is 0 Å². The van der Waals surface area contributed by atoms with Crippen LogP contribution in [-0.2, 0) is 0 Å². The Kier molecular flexibility index (Phi) is 3.66. The Balaban J connectivity index is 1.68. The zero-order valence-electron chi connectivity index (χ0n) is 12.9. The number of anilines is 1. The average molecular weight is 288 g/mol. The summed E-state index contributed by atoms with van der Waals surface area (Å²) in [6.07, 6.45) is 2.56. The van der Waals surface area contributed by atoms with Gasteiger partial charge in [-0.2, -0.15) is 0 Å². The lowest BCUT2D eigenvalue weighted by Gasteiger charge is -2.48. The van der Waals surface area contributed by atoms with Gasteiger partial charge in [0.1, 0.15) is 0 Å². The van der Waals surface area contributed by atoms with Crippen molar-refractivity contribution in [2.45, 2.75) is 44.8 Å². The fourth-order valence-electron chi connectivity index (χ4n) is 3.14. The fraction of sp³-hybridized carbons (Fsp3) is 0.588. The van der Waals surface area contributed by atoms with E-state index in [0.29, 0.717) is 0 Å². The molecule has 0 aliphatic carbocycles. The first-order valence-corrected chi connectivity index (χ1v) is 7.82. The van der Waals surface area contributed by atoms with Crippen LogP contribution in [0.3, 0.4) is 0 Å². The number of rotatable bonds is 2. The molecule has 2 saturated heterocycles. The molecule has 0 aromatic heterocycles. The molecule has 2 heterocycles. The highest BCUT2D eigenvalue weighted by molar-refractivity contribution is 5.95. The molecule has 0 bridgehead atoms. The van der Waals surface area contributed by atoms with E-state index >= 15 is 0 Å². The van der Waals surface area contributed by atoms with Gasteiger partial charge in [-0.1, -0.05) is 0 Å². The maximum absolute atomic E-state index is 12.5. The first-order chi connectivity index (χ1) is 9.97. The van der Waals surface area contributed by atoms with Gasteiger partial charge in [-0.3, -0.25) is 4.79 Å². The summed E-state index contributed by atoms with van der Waals surface area (Å²) in [6, 6.07) is 7.91. The van der Waals surface area contributed by atoms with Gasteiger partial charge >= 0.3 is 0 Å². The van der Waals surface area contributed by atoms with Gasteiger partial charge in [0.25, 0.3) is 5.91 Å². The van der Waals surface area contributed by atoms with Crippen molar-refractivity contribution in [3.05, 3.63) is 29.8 Å². The third kappa shape index (κ3) is 2.77. The second-order valence-corrected chi connectivity index (χ2v) is 6.78. The number of carbonyl (C=O) groups excluding carboxylic acids is 1. The Labute approximate surface area is 126 Å². The lowest BCUT2D eigenvalue weighted by atomic mass is 9.88. The van der Waals surface area contributed by atoms with Crippen molar-refractivity contribution in [2.75, 3.05) is 24.5 Å². The summed E-state index contributed by atoms with van der Waals surface area (Å²) in [4.78, 5) is 16.7. The topological polar surface area (TPSA) is 43.8 Å². The number of aliphatic hydroxyl groups excluding tert-OH is 1. The molecule has 1 N–H and O–H groups in total. The summed E-state index contributed by atoms with van der Waals surface area (Å²) in [7, 11) is 0. The van der Waals surface area contributed by atoms with Crippen LogP contribution in [0.25, 0.3) is 0 Å². The van der Waals surface area contributed by atoms with Crippen LogP contribution in [0.15, 0.2) is 24.3 Å². The highest BCUT2D eigenvalue weighted by atomic mass is 16.3. The van der Waals surface area contributed by atoms with Gasteiger partial charge in [-0.15, -0.1) is 0 Å². The largest absolute Gasteiger partial charge is 0.393 e. The van der Waals surface area contributed by atoms with Crippen molar-refractivity contribution >= 4 is 11.6 Å². The van der Waals surface area contributed by atoms with Crippen molar-refractivity contribution in [1.82, 2.24) is 4.90 Å². The van der Waals surface area contributed by atoms with Gasteiger partial charge in [0.05, 0.1) is 6.10 Å².